The smallest absolute Gasteiger partial charge is 0.439 e. The van der Waals surface area contributed by atoms with Gasteiger partial charge < -0.3 is 9.14 Å². The van der Waals surface area contributed by atoms with Crippen molar-refractivity contribution in [2.45, 2.75) is 26.9 Å². The summed E-state index contributed by atoms with van der Waals surface area (Å²) in [4.78, 5) is 18.9. The number of pyridine rings is 1. The van der Waals surface area contributed by atoms with Gasteiger partial charge in [0.2, 0.25) is 0 Å². The van der Waals surface area contributed by atoms with E-state index in [0.717, 1.165) is 39.3 Å². The van der Waals surface area contributed by atoms with Crippen molar-refractivity contribution in [3.8, 4) is 5.75 Å². The van der Waals surface area contributed by atoms with Crippen molar-refractivity contribution in [2.24, 2.45) is 0 Å². The number of benzene rings is 2. The molecule has 2 aromatic carbocycles. The highest BCUT2D eigenvalue weighted by Gasteiger charge is 2.24. The zero-order valence-corrected chi connectivity index (χ0v) is 20.2. The number of aromatic amines is 1. The molecular weight excluding hydrogens is 483 g/mol. The van der Waals surface area contributed by atoms with Crippen LogP contribution in [0.1, 0.15) is 46.4 Å². The molecule has 0 spiro atoms. The van der Waals surface area contributed by atoms with Crippen LogP contribution >= 0.6 is 11.6 Å². The molecule has 7 nitrogen and oxygen atoms in total. The Labute approximate surface area is 209 Å². The Morgan fingerprint density at radius 1 is 1.19 bits per heavy atom. The maximum Gasteiger partial charge on any atom is 0.439 e. The largest absolute Gasteiger partial charge is 0.488 e. The van der Waals surface area contributed by atoms with Crippen LogP contribution in [-0.2, 0) is 13.0 Å². The summed E-state index contributed by atoms with van der Waals surface area (Å²) in [5.74, 6) is -0.317. The molecular formula is C27H20ClFN4O3. The number of aryl methyl sites for hydroxylation is 1. The monoisotopic (exact) mass is 502 g/mol. The third-order valence-corrected chi connectivity index (χ3v) is 6.77. The van der Waals surface area contributed by atoms with Gasteiger partial charge in [0.05, 0.1) is 10.7 Å². The van der Waals surface area contributed by atoms with Gasteiger partial charge in [-0.2, -0.15) is 0 Å². The molecule has 0 bridgehead atoms. The Bertz CT molecular complexity index is 1750. The molecule has 0 radical (unpaired) electrons. The van der Waals surface area contributed by atoms with Crippen LogP contribution in [0.4, 0.5) is 4.39 Å². The lowest BCUT2D eigenvalue weighted by molar-refractivity contribution is 0.305. The average Bonchev–Trinajstić information content (AvgIpc) is 3.39. The summed E-state index contributed by atoms with van der Waals surface area (Å²) in [5.41, 5.74) is 7.74. The molecule has 36 heavy (non-hydrogen) atoms. The number of hydrogen-bond donors (Lipinski definition) is 1. The Balaban J connectivity index is 1.49. The second kappa shape index (κ2) is 8.49. The molecule has 6 rings (SSSR count). The van der Waals surface area contributed by atoms with Crippen molar-refractivity contribution >= 4 is 28.4 Å². The first kappa shape index (κ1) is 22.3. The van der Waals surface area contributed by atoms with Crippen LogP contribution in [0.25, 0.3) is 16.8 Å². The van der Waals surface area contributed by atoms with Crippen LogP contribution in [0.5, 0.6) is 5.75 Å². The van der Waals surface area contributed by atoms with Gasteiger partial charge >= 0.3 is 5.76 Å². The van der Waals surface area contributed by atoms with E-state index < -0.39 is 11.6 Å². The molecule has 0 saturated heterocycles. The van der Waals surface area contributed by atoms with E-state index in [1.165, 1.54) is 12.1 Å². The van der Waals surface area contributed by atoms with E-state index in [2.05, 4.69) is 27.3 Å². The predicted octanol–water partition coefficient (Wildman–Crippen LogP) is 5.57. The highest BCUT2D eigenvalue weighted by molar-refractivity contribution is 6.33. The number of H-pyrrole nitrogens is 1. The van der Waals surface area contributed by atoms with Gasteiger partial charge in [-0.15, -0.1) is 0 Å². The van der Waals surface area contributed by atoms with Crippen molar-refractivity contribution < 1.29 is 13.7 Å². The number of fused-ring (bicyclic) bond motifs is 3. The minimum absolute atomic E-state index is 0.254. The normalized spacial score (nSPS) is 14.2. The quantitative estimate of drug-likeness (QED) is 0.348. The number of nitrogens with one attached hydrogen (secondary N) is 1. The number of ether oxygens (including phenoxy) is 1. The standard InChI is InChI=1S/C27H20ClFN4O3/c1-14(25-31-27(34)36-32-25)24-19-7-5-16(10-17(19)13-35-23-12-18(29)6-8-20(23)24)11-22-15(2)30-26-21(28)4-3-9-33(22)26/h3-10,12H,11,13H2,1-2H3,(H,31,32,34)/b24-14-. The number of rotatable bonds is 3. The van der Waals surface area contributed by atoms with Crippen molar-refractivity contribution in [3.05, 3.63) is 116 Å². The Morgan fingerprint density at radius 2 is 2.03 bits per heavy atom. The van der Waals surface area contributed by atoms with E-state index in [1.807, 2.05) is 42.6 Å². The van der Waals surface area contributed by atoms with Gasteiger partial charge in [-0.3, -0.25) is 9.51 Å². The first-order valence-corrected chi connectivity index (χ1v) is 11.7. The molecule has 3 aromatic heterocycles. The lowest BCUT2D eigenvalue weighted by atomic mass is 9.89. The van der Waals surface area contributed by atoms with Crippen LogP contribution < -0.4 is 10.5 Å². The van der Waals surface area contributed by atoms with Crippen molar-refractivity contribution in [1.29, 1.82) is 0 Å². The van der Waals surface area contributed by atoms with Crippen LogP contribution in [0, 0.1) is 12.7 Å². The summed E-state index contributed by atoms with van der Waals surface area (Å²) in [7, 11) is 0. The van der Waals surface area contributed by atoms with E-state index in [1.54, 1.807) is 6.07 Å². The Kier molecular flexibility index (Phi) is 5.26. The second-order valence-corrected chi connectivity index (χ2v) is 9.14. The molecule has 0 amide bonds. The lowest BCUT2D eigenvalue weighted by Gasteiger charge is -2.14. The average molecular weight is 503 g/mol. The molecule has 0 aliphatic carbocycles. The van der Waals surface area contributed by atoms with Crippen molar-refractivity contribution in [3.63, 3.8) is 0 Å². The summed E-state index contributed by atoms with van der Waals surface area (Å²) in [5, 5.41) is 4.46. The number of imidazole rings is 1. The highest BCUT2D eigenvalue weighted by Crippen LogP contribution is 2.41. The maximum atomic E-state index is 14.1. The van der Waals surface area contributed by atoms with Crippen LogP contribution in [0.2, 0.25) is 5.02 Å². The van der Waals surface area contributed by atoms with Crippen LogP contribution in [0.15, 0.2) is 64.0 Å². The number of halogens is 2. The fourth-order valence-corrected chi connectivity index (χ4v) is 4.97. The highest BCUT2D eigenvalue weighted by atomic mass is 35.5. The van der Waals surface area contributed by atoms with Gasteiger partial charge in [0.15, 0.2) is 11.5 Å². The first-order chi connectivity index (χ1) is 17.4. The molecule has 9 heteroatoms. The summed E-state index contributed by atoms with van der Waals surface area (Å²) in [6.45, 7) is 4.06. The summed E-state index contributed by atoms with van der Waals surface area (Å²) >= 11 is 6.35. The molecule has 4 heterocycles. The second-order valence-electron chi connectivity index (χ2n) is 8.73. The topological polar surface area (TPSA) is 85.4 Å². The molecule has 1 aliphatic heterocycles. The molecule has 0 fully saturated rings. The predicted molar refractivity (Wildman–Crippen MR) is 134 cm³/mol. The fraction of sp³-hybridized carbons (Fsp3) is 0.148. The number of allylic oxidation sites excluding steroid dienone is 1. The fourth-order valence-electron chi connectivity index (χ4n) is 4.76. The zero-order chi connectivity index (χ0) is 25.0. The maximum absolute atomic E-state index is 14.1. The molecule has 1 N–H and O–H groups in total. The number of aromatic nitrogens is 4. The molecule has 1 aliphatic rings. The van der Waals surface area contributed by atoms with Gasteiger partial charge in [-0.05, 0) is 60.4 Å². The van der Waals surface area contributed by atoms with E-state index in [-0.39, 0.29) is 6.61 Å². The minimum atomic E-state index is -0.645. The van der Waals surface area contributed by atoms with E-state index in [9.17, 15) is 9.18 Å². The molecule has 0 unspecified atom stereocenters. The van der Waals surface area contributed by atoms with Gasteiger partial charge in [0.1, 0.15) is 18.2 Å². The van der Waals surface area contributed by atoms with E-state index >= 15 is 0 Å². The van der Waals surface area contributed by atoms with Gasteiger partial charge in [0, 0.05) is 35.5 Å². The minimum Gasteiger partial charge on any atom is -0.488 e. The molecule has 5 aromatic rings. The zero-order valence-electron chi connectivity index (χ0n) is 19.4. The number of nitrogens with zero attached hydrogens (tertiary/aromatic N) is 3. The van der Waals surface area contributed by atoms with Crippen molar-refractivity contribution in [1.82, 2.24) is 19.5 Å². The molecule has 0 atom stereocenters. The van der Waals surface area contributed by atoms with Gasteiger partial charge in [-0.1, -0.05) is 35.0 Å². The summed E-state index contributed by atoms with van der Waals surface area (Å²) in [6.07, 6.45) is 2.59. The summed E-state index contributed by atoms with van der Waals surface area (Å²) < 4.78 is 26.9. The van der Waals surface area contributed by atoms with E-state index in [0.29, 0.717) is 34.2 Å². The van der Waals surface area contributed by atoms with Crippen molar-refractivity contribution in [2.75, 3.05) is 0 Å². The molecule has 180 valence electrons. The Morgan fingerprint density at radius 3 is 2.83 bits per heavy atom. The van der Waals surface area contributed by atoms with E-state index in [4.69, 9.17) is 20.9 Å². The first-order valence-electron chi connectivity index (χ1n) is 11.3. The molecule has 0 saturated carbocycles. The van der Waals surface area contributed by atoms with Gasteiger partial charge in [-0.25, -0.2) is 14.2 Å². The third kappa shape index (κ3) is 3.70. The summed E-state index contributed by atoms with van der Waals surface area (Å²) in [6, 6.07) is 14.3. The van der Waals surface area contributed by atoms with Crippen LogP contribution in [-0.4, -0.2) is 19.5 Å². The SMILES string of the molecule is C/C(=C1\c2ccc(Cc3c(C)nc4c(Cl)cccn34)cc2COc2cc(F)ccc21)c1noc(=O)[nH]1. The Hall–Kier alpha value is -4.17. The number of hydrogen-bond acceptors (Lipinski definition) is 5. The van der Waals surface area contributed by atoms with Gasteiger partial charge in [0.25, 0.3) is 0 Å². The van der Waals surface area contributed by atoms with Crippen LogP contribution in [0.3, 0.4) is 0 Å². The lowest BCUT2D eigenvalue weighted by Crippen LogP contribution is -2.02. The third-order valence-electron chi connectivity index (χ3n) is 6.48.